The van der Waals surface area contributed by atoms with E-state index in [1.165, 1.54) is 37.0 Å². The van der Waals surface area contributed by atoms with Crippen LogP contribution in [0.25, 0.3) is 0 Å². The molecule has 3 fully saturated rings. The molecule has 2 aliphatic carbocycles. The largest absolute Gasteiger partial charge is 0.347 e. The Morgan fingerprint density at radius 1 is 1.03 bits per heavy atom. The minimum absolute atomic E-state index is 0.213. The van der Waals surface area contributed by atoms with Crippen molar-refractivity contribution in [3.05, 3.63) is 51.9 Å². The smallest absolute Gasteiger partial charge is 0.252 e. The zero-order valence-corrected chi connectivity index (χ0v) is 21.6. The van der Waals surface area contributed by atoms with Crippen LogP contribution in [-0.4, -0.2) is 44.3 Å². The third kappa shape index (κ3) is 5.36. The van der Waals surface area contributed by atoms with Crippen LogP contribution in [-0.2, 0) is 16.6 Å². The highest BCUT2D eigenvalue weighted by Gasteiger charge is 2.39. The summed E-state index contributed by atoms with van der Waals surface area (Å²) >= 11 is 7.09. The molecule has 2 bridgehead atoms. The quantitative estimate of drug-likeness (QED) is 0.535. The average Bonchev–Trinajstić information content (AvgIpc) is 3.59. The Morgan fingerprint density at radius 3 is 2.47 bits per heavy atom. The summed E-state index contributed by atoms with van der Waals surface area (Å²) in [7, 11) is -3.50. The summed E-state index contributed by atoms with van der Waals surface area (Å²) in [5.41, 5.74) is 0.519. The number of nitrogens with zero attached hydrogens (tertiary/aromatic N) is 1. The lowest BCUT2D eigenvalue weighted by Gasteiger charge is -2.33. The number of nitrogens with one attached hydrogen (secondary N) is 2. The fourth-order valence-corrected chi connectivity index (χ4v) is 8.88. The topological polar surface area (TPSA) is 78.5 Å². The van der Waals surface area contributed by atoms with Gasteiger partial charge in [-0.05, 0) is 92.8 Å². The molecule has 34 heavy (non-hydrogen) atoms. The molecule has 3 unspecified atom stereocenters. The first-order chi connectivity index (χ1) is 16.4. The predicted molar refractivity (Wildman–Crippen MR) is 136 cm³/mol. The fourth-order valence-electron chi connectivity index (χ4n) is 5.83. The Kier molecular flexibility index (Phi) is 7.32. The van der Waals surface area contributed by atoms with E-state index in [4.69, 9.17) is 11.6 Å². The van der Waals surface area contributed by atoms with Gasteiger partial charge in [0.1, 0.15) is 4.21 Å². The Hall–Kier alpha value is -1.45. The molecule has 1 aromatic heterocycles. The molecule has 184 valence electrons. The van der Waals surface area contributed by atoms with Gasteiger partial charge in [-0.25, -0.2) is 8.42 Å². The maximum atomic E-state index is 13.2. The van der Waals surface area contributed by atoms with Gasteiger partial charge in [0, 0.05) is 34.6 Å². The van der Waals surface area contributed by atoms with Gasteiger partial charge in [-0.1, -0.05) is 18.0 Å². The normalized spacial score (nSPS) is 25.6. The van der Waals surface area contributed by atoms with Crippen molar-refractivity contribution in [1.29, 1.82) is 0 Å². The van der Waals surface area contributed by atoms with Crippen LogP contribution in [0.3, 0.4) is 0 Å². The van der Waals surface area contributed by atoms with Crippen LogP contribution in [0.2, 0.25) is 5.02 Å². The number of rotatable bonds is 8. The van der Waals surface area contributed by atoms with E-state index in [2.05, 4.69) is 10.6 Å². The molecule has 9 heteroatoms. The van der Waals surface area contributed by atoms with Crippen molar-refractivity contribution < 1.29 is 13.2 Å². The summed E-state index contributed by atoms with van der Waals surface area (Å²) in [5, 5.41) is 7.16. The molecule has 1 amide bonds. The first-order valence-corrected chi connectivity index (χ1v) is 14.9. The van der Waals surface area contributed by atoms with Crippen molar-refractivity contribution in [1.82, 2.24) is 14.9 Å². The number of sulfonamides is 1. The second-order valence-electron chi connectivity index (χ2n) is 9.93. The number of fused-ring (bicyclic) bond motifs is 2. The molecule has 1 saturated heterocycles. The summed E-state index contributed by atoms with van der Waals surface area (Å²) < 4.78 is 28.3. The predicted octanol–water partition coefficient (Wildman–Crippen LogP) is 4.51. The number of piperidine rings is 1. The van der Waals surface area contributed by atoms with Gasteiger partial charge in [0.15, 0.2) is 0 Å². The number of carbonyl (C=O) groups excluding carboxylic acids is 1. The van der Waals surface area contributed by atoms with Crippen LogP contribution < -0.4 is 10.6 Å². The monoisotopic (exact) mass is 521 g/mol. The fraction of sp³-hybridized carbons (Fsp3) is 0.560. The van der Waals surface area contributed by atoms with Gasteiger partial charge in [0.05, 0.1) is 6.54 Å². The second-order valence-corrected chi connectivity index (χ2v) is 13.7. The number of benzene rings is 1. The van der Waals surface area contributed by atoms with Gasteiger partial charge in [-0.15, -0.1) is 11.3 Å². The highest BCUT2D eigenvalue weighted by Crippen LogP contribution is 2.48. The van der Waals surface area contributed by atoms with Crippen molar-refractivity contribution in [2.24, 2.45) is 17.8 Å². The lowest BCUT2D eigenvalue weighted by molar-refractivity contribution is 0.0951. The number of halogens is 1. The summed E-state index contributed by atoms with van der Waals surface area (Å²) in [6, 6.07) is 10.5. The van der Waals surface area contributed by atoms with E-state index in [1.807, 2.05) is 0 Å². The van der Waals surface area contributed by atoms with Crippen molar-refractivity contribution in [3.8, 4) is 0 Å². The Morgan fingerprint density at radius 2 is 1.79 bits per heavy atom. The zero-order chi connectivity index (χ0) is 23.7. The molecule has 6 nitrogen and oxygen atoms in total. The van der Waals surface area contributed by atoms with Crippen LogP contribution >= 0.6 is 22.9 Å². The molecular weight excluding hydrogens is 490 g/mol. The number of thiophene rings is 1. The standard InChI is InChI=1S/C25H32ClN3O3S2/c26-21-5-3-18(4-6-21)25(30)28-16-23-7-8-24(33-23)34(31,32)29-11-9-22(10-12-29)27-15-20-14-17-1-2-19(20)13-17/h3-8,17,19-20,22,27H,1-2,9-16H2,(H,28,30). The lowest BCUT2D eigenvalue weighted by Crippen LogP contribution is -2.46. The van der Waals surface area contributed by atoms with Gasteiger partial charge in [-0.2, -0.15) is 4.31 Å². The minimum Gasteiger partial charge on any atom is -0.347 e. The van der Waals surface area contributed by atoms with Crippen LogP contribution in [0.15, 0.2) is 40.6 Å². The molecule has 3 aliphatic rings. The summed E-state index contributed by atoms with van der Waals surface area (Å²) in [6.45, 7) is 2.49. The Balaban J connectivity index is 1.10. The van der Waals surface area contributed by atoms with Crippen molar-refractivity contribution in [2.45, 2.75) is 55.3 Å². The van der Waals surface area contributed by atoms with Crippen molar-refractivity contribution in [2.75, 3.05) is 19.6 Å². The Bertz CT molecular complexity index is 1110. The van der Waals surface area contributed by atoms with E-state index in [-0.39, 0.29) is 12.5 Å². The molecule has 2 aromatic rings. The Labute approximate surface area is 211 Å². The van der Waals surface area contributed by atoms with E-state index >= 15 is 0 Å². The number of amides is 1. The summed E-state index contributed by atoms with van der Waals surface area (Å²) in [5.74, 6) is 2.49. The van der Waals surface area contributed by atoms with E-state index in [1.54, 1.807) is 40.7 Å². The van der Waals surface area contributed by atoms with Gasteiger partial charge in [-0.3, -0.25) is 4.79 Å². The van der Waals surface area contributed by atoms with E-state index in [0.29, 0.717) is 33.9 Å². The van der Waals surface area contributed by atoms with Crippen LogP contribution in [0.1, 0.15) is 53.8 Å². The summed E-state index contributed by atoms with van der Waals surface area (Å²) in [4.78, 5) is 13.1. The molecule has 3 atom stereocenters. The van der Waals surface area contributed by atoms with Crippen molar-refractivity contribution >= 4 is 38.9 Å². The van der Waals surface area contributed by atoms with Gasteiger partial charge < -0.3 is 10.6 Å². The first-order valence-electron chi connectivity index (χ1n) is 12.2. The van der Waals surface area contributed by atoms with Gasteiger partial charge >= 0.3 is 0 Å². The summed E-state index contributed by atoms with van der Waals surface area (Å²) in [6.07, 6.45) is 7.35. The SMILES string of the molecule is O=C(NCc1ccc(S(=O)(=O)N2CCC(NCC3CC4CCC3C4)CC2)s1)c1ccc(Cl)cc1. The third-order valence-corrected chi connectivity index (χ3v) is 11.5. The minimum atomic E-state index is -3.50. The highest BCUT2D eigenvalue weighted by molar-refractivity contribution is 7.91. The van der Waals surface area contributed by atoms with E-state index in [0.717, 1.165) is 42.0 Å². The molecule has 2 heterocycles. The molecule has 5 rings (SSSR count). The molecule has 0 spiro atoms. The molecule has 1 aliphatic heterocycles. The third-order valence-electron chi connectivity index (χ3n) is 7.77. The van der Waals surface area contributed by atoms with E-state index in [9.17, 15) is 13.2 Å². The van der Waals surface area contributed by atoms with Crippen LogP contribution in [0.5, 0.6) is 0 Å². The zero-order valence-electron chi connectivity index (χ0n) is 19.2. The van der Waals surface area contributed by atoms with Crippen LogP contribution in [0, 0.1) is 17.8 Å². The molecule has 1 aromatic carbocycles. The number of hydrogen-bond donors (Lipinski definition) is 2. The van der Waals surface area contributed by atoms with Gasteiger partial charge in [0.2, 0.25) is 0 Å². The lowest BCUT2D eigenvalue weighted by atomic mass is 9.88. The van der Waals surface area contributed by atoms with E-state index < -0.39 is 10.0 Å². The second kappa shape index (κ2) is 10.3. The maximum Gasteiger partial charge on any atom is 0.252 e. The maximum absolute atomic E-state index is 13.2. The average molecular weight is 522 g/mol. The first kappa shape index (κ1) is 24.3. The number of hydrogen-bond acceptors (Lipinski definition) is 5. The van der Waals surface area contributed by atoms with Crippen LogP contribution in [0.4, 0.5) is 0 Å². The molecule has 0 radical (unpaired) electrons. The highest BCUT2D eigenvalue weighted by atomic mass is 35.5. The van der Waals surface area contributed by atoms with Gasteiger partial charge in [0.25, 0.3) is 15.9 Å². The molecular formula is C25H32ClN3O3S2. The molecule has 2 saturated carbocycles. The molecule has 2 N–H and O–H groups in total. The van der Waals surface area contributed by atoms with Crippen molar-refractivity contribution in [3.63, 3.8) is 0 Å². The number of carbonyl (C=O) groups is 1.